The predicted molar refractivity (Wildman–Crippen MR) is 187 cm³/mol. The molecule has 0 amide bonds. The average Bonchev–Trinajstić information content (AvgIpc) is 3.49. The Morgan fingerprint density at radius 1 is 0.778 bits per heavy atom. The molecule has 234 valence electrons. The molecule has 2 aliphatic carbocycles. The Balaban J connectivity index is 0.00000230. The Kier molecular flexibility index (Phi) is 11.1. The van der Waals surface area contributed by atoms with Crippen molar-refractivity contribution < 1.29 is 47.2 Å². The van der Waals surface area contributed by atoms with Gasteiger partial charge >= 0.3 is 275 Å². The van der Waals surface area contributed by atoms with Crippen LogP contribution in [-0.2, 0) is 39.6 Å². The van der Waals surface area contributed by atoms with E-state index in [-0.39, 0.29) is 35.6 Å². The van der Waals surface area contributed by atoms with E-state index in [9.17, 15) is 0 Å². The molecule has 45 heavy (non-hydrogen) atoms. The monoisotopic (exact) mass is 728 g/mol. The van der Waals surface area contributed by atoms with E-state index in [0.29, 0.717) is 5.92 Å². The largest absolute Gasteiger partial charge is 1.00 e. The quantitative estimate of drug-likeness (QED) is 0.225. The van der Waals surface area contributed by atoms with Crippen LogP contribution in [0.3, 0.4) is 0 Å². The molecule has 0 nitrogen and oxygen atoms in total. The fourth-order valence-electron chi connectivity index (χ4n) is 7.57. The third-order valence-corrected chi connectivity index (χ3v) is 17.8. The van der Waals surface area contributed by atoms with Gasteiger partial charge in [-0.2, -0.15) is 0 Å². The van der Waals surface area contributed by atoms with Crippen molar-refractivity contribution in [3.05, 3.63) is 117 Å². The van der Waals surface area contributed by atoms with Crippen molar-refractivity contribution in [2.24, 2.45) is 0 Å². The third-order valence-electron chi connectivity index (χ3n) is 9.36. The number of halogens is 2. The van der Waals surface area contributed by atoms with Gasteiger partial charge in [0.2, 0.25) is 0 Å². The van der Waals surface area contributed by atoms with Crippen molar-refractivity contribution in [1.82, 2.24) is 0 Å². The SMILES string of the molecule is CCCC1=Cc2c(-c3ccccc3)cccc2C1c1c2c(c[c]([Zr+2][SiH](C)C)c1C(C)(C)C)-c1ccc(C(C)(C)C)cc1C2.[Cl-].[Cl-]. The maximum absolute atomic E-state index is 2.71. The smallest absolute Gasteiger partial charge is 1.00 e. The van der Waals surface area contributed by atoms with Crippen molar-refractivity contribution in [1.29, 1.82) is 0 Å². The molecule has 1 unspecified atom stereocenters. The van der Waals surface area contributed by atoms with Crippen LogP contribution in [0.15, 0.2) is 78.4 Å². The summed E-state index contributed by atoms with van der Waals surface area (Å²) in [5, 5.41) is 0. The van der Waals surface area contributed by atoms with Crippen LogP contribution in [-0.4, -0.2) is 5.92 Å². The number of rotatable bonds is 6. The first-order valence-electron chi connectivity index (χ1n) is 16.4. The van der Waals surface area contributed by atoms with Gasteiger partial charge in [0.15, 0.2) is 0 Å². The van der Waals surface area contributed by atoms with E-state index in [1.807, 2.05) is 0 Å². The van der Waals surface area contributed by atoms with Crippen molar-refractivity contribution >= 4 is 15.3 Å². The molecule has 6 rings (SSSR count). The van der Waals surface area contributed by atoms with E-state index in [0.717, 1.165) is 12.8 Å². The zero-order valence-corrected chi connectivity index (χ0v) is 33.7. The molecular formula is C41H48Cl2SiZr. The van der Waals surface area contributed by atoms with Crippen LogP contribution in [0, 0.1) is 0 Å². The summed E-state index contributed by atoms with van der Waals surface area (Å²) in [5.41, 5.74) is 18.6. The second kappa shape index (κ2) is 13.8. The summed E-state index contributed by atoms with van der Waals surface area (Å²) >= 11 is -0.668. The van der Waals surface area contributed by atoms with Gasteiger partial charge in [-0.25, -0.2) is 0 Å². The molecule has 4 aromatic rings. The molecule has 4 heteroatoms. The standard InChI is InChI=1S/C39H41.C2H7Si.2ClH.Zr/c1-8-13-26-23-33-29(25-14-10-9-11-15-25)16-12-17-32(33)36(26)37-34-24-27-22-28(38(2,3)4)18-19-30(27)31(34)20-21-35(37)39(5,6)7;1-3-2;;;/h9-12,14-20,22-23,36H,8,13,24H2,1-7H3;3H,1-2H3;2*1H;/q;;;;+2/p-2. The van der Waals surface area contributed by atoms with Crippen molar-refractivity contribution in [2.75, 3.05) is 0 Å². The molecule has 0 aliphatic heterocycles. The van der Waals surface area contributed by atoms with Crippen LogP contribution in [0.5, 0.6) is 0 Å². The first-order chi connectivity index (χ1) is 20.4. The Hall–Kier alpha value is -1.70. The van der Waals surface area contributed by atoms with Gasteiger partial charge in [0.1, 0.15) is 0 Å². The van der Waals surface area contributed by atoms with E-state index in [2.05, 4.69) is 140 Å². The summed E-state index contributed by atoms with van der Waals surface area (Å²) in [5.74, 6) is -0.347. The molecule has 0 aromatic heterocycles. The zero-order chi connectivity index (χ0) is 30.7. The first kappa shape index (κ1) is 36.1. The summed E-state index contributed by atoms with van der Waals surface area (Å²) < 4.78 is 1.78. The Morgan fingerprint density at radius 3 is 2.11 bits per heavy atom. The number of hydrogen-bond acceptors (Lipinski definition) is 0. The number of allylic oxidation sites excluding steroid dienone is 1. The Morgan fingerprint density at radius 2 is 1.49 bits per heavy atom. The van der Waals surface area contributed by atoms with Gasteiger partial charge < -0.3 is 24.8 Å². The van der Waals surface area contributed by atoms with Gasteiger partial charge in [-0.3, -0.25) is 0 Å². The molecule has 0 saturated heterocycles. The Labute approximate surface area is 297 Å². The number of benzene rings is 4. The minimum Gasteiger partial charge on any atom is -1.00 e. The summed E-state index contributed by atoms with van der Waals surface area (Å²) in [6.45, 7) is 22.0. The van der Waals surface area contributed by atoms with Gasteiger partial charge in [-0.05, 0) is 0 Å². The van der Waals surface area contributed by atoms with Gasteiger partial charge in [-0.1, -0.05) is 0 Å². The van der Waals surface area contributed by atoms with Gasteiger partial charge in [0.25, 0.3) is 0 Å². The van der Waals surface area contributed by atoms with Crippen LogP contribution < -0.4 is 28.1 Å². The van der Waals surface area contributed by atoms with Crippen LogP contribution in [0.2, 0.25) is 13.1 Å². The van der Waals surface area contributed by atoms with Crippen LogP contribution in [0.1, 0.15) is 106 Å². The molecule has 0 bridgehead atoms. The minimum absolute atomic E-state index is 0. The zero-order valence-electron chi connectivity index (χ0n) is 28.5. The molecule has 0 fully saturated rings. The number of fused-ring (bicyclic) bond motifs is 4. The summed E-state index contributed by atoms with van der Waals surface area (Å²) in [4.78, 5) is 0. The summed E-state index contributed by atoms with van der Waals surface area (Å²) in [6.07, 6.45) is 5.97. The summed E-state index contributed by atoms with van der Waals surface area (Å²) in [7, 11) is 0. The molecule has 0 spiro atoms. The molecule has 2 aliphatic rings. The fourth-order valence-corrected chi connectivity index (χ4v) is 16.3. The van der Waals surface area contributed by atoms with E-state index in [1.165, 1.54) is 45.4 Å². The van der Waals surface area contributed by atoms with Crippen LogP contribution in [0.4, 0.5) is 0 Å². The summed E-state index contributed by atoms with van der Waals surface area (Å²) in [6, 6.07) is 28.3. The molecule has 4 aromatic carbocycles. The fraction of sp³-hybridized carbons (Fsp3) is 0.366. The van der Waals surface area contributed by atoms with E-state index >= 15 is 0 Å². The normalized spacial score (nSPS) is 15.0. The molecule has 0 heterocycles. The first-order valence-corrected chi connectivity index (χ1v) is 24.7. The predicted octanol–water partition coefficient (Wildman–Crippen LogP) is 4.55. The molecule has 0 N–H and O–H groups in total. The van der Waals surface area contributed by atoms with Crippen molar-refractivity contribution in [3.8, 4) is 22.3 Å². The second-order valence-corrected chi connectivity index (χ2v) is 29.7. The molecule has 0 radical (unpaired) electrons. The molecule has 1 atom stereocenters. The van der Waals surface area contributed by atoms with Crippen molar-refractivity contribution in [2.45, 2.75) is 97.6 Å². The molecular weight excluding hydrogens is 683 g/mol. The van der Waals surface area contributed by atoms with Crippen molar-refractivity contribution in [3.63, 3.8) is 0 Å². The van der Waals surface area contributed by atoms with Gasteiger partial charge in [-0.15, -0.1) is 0 Å². The topological polar surface area (TPSA) is 0 Å². The molecule has 0 saturated carbocycles. The van der Waals surface area contributed by atoms with E-state index in [4.69, 9.17) is 0 Å². The third kappa shape index (κ3) is 6.83. The maximum atomic E-state index is 2.71. The Bertz CT molecular complexity index is 1720. The van der Waals surface area contributed by atoms with Gasteiger partial charge in [0, 0.05) is 0 Å². The van der Waals surface area contributed by atoms with E-state index < -0.39 is 28.3 Å². The second-order valence-electron chi connectivity index (χ2n) is 15.2. The van der Waals surface area contributed by atoms with Crippen LogP contribution in [0.25, 0.3) is 28.3 Å². The van der Waals surface area contributed by atoms with E-state index in [1.54, 1.807) is 31.1 Å². The van der Waals surface area contributed by atoms with Gasteiger partial charge in [0.05, 0.1) is 0 Å². The maximum Gasteiger partial charge on any atom is -1.00 e. The van der Waals surface area contributed by atoms with Crippen LogP contribution >= 0.6 is 0 Å². The minimum atomic E-state index is -0.686. The number of hydrogen-bond donors (Lipinski definition) is 0. The average molecular weight is 731 g/mol.